The molecule has 3 rings (SSSR count). The molecule has 6 nitrogen and oxygen atoms in total. The summed E-state index contributed by atoms with van der Waals surface area (Å²) in [6.07, 6.45) is 4.63. The van der Waals surface area contributed by atoms with Gasteiger partial charge in [0.2, 0.25) is 0 Å². The summed E-state index contributed by atoms with van der Waals surface area (Å²) in [7, 11) is 0. The van der Waals surface area contributed by atoms with Crippen molar-refractivity contribution in [2.45, 2.75) is 6.92 Å². The Labute approximate surface area is 149 Å². The lowest BCUT2D eigenvalue weighted by Gasteiger charge is -2.05. The Kier molecular flexibility index (Phi) is 5.03. The molecule has 0 aliphatic carbocycles. The molecule has 0 bridgehead atoms. The van der Waals surface area contributed by atoms with E-state index in [0.29, 0.717) is 5.69 Å². The zero-order valence-corrected chi connectivity index (χ0v) is 14.1. The normalized spacial score (nSPS) is 11.0. The van der Waals surface area contributed by atoms with Crippen LogP contribution in [0.25, 0.3) is 22.9 Å². The van der Waals surface area contributed by atoms with Gasteiger partial charge >= 0.3 is 5.97 Å². The lowest BCUT2D eigenvalue weighted by molar-refractivity contribution is -0.385. The Bertz CT molecular complexity index is 1010. The second-order valence-corrected chi connectivity index (χ2v) is 5.51. The number of nitro groups is 1. The van der Waals surface area contributed by atoms with Crippen molar-refractivity contribution in [3.05, 3.63) is 81.7 Å². The number of carbonyl (C=O) groups excluding carboxylic acids is 1. The second-order valence-electron chi connectivity index (χ2n) is 5.51. The van der Waals surface area contributed by atoms with Crippen molar-refractivity contribution >= 4 is 34.6 Å². The molecule has 0 N–H and O–H groups in total. The van der Waals surface area contributed by atoms with Crippen LogP contribution in [0, 0.1) is 10.1 Å². The van der Waals surface area contributed by atoms with E-state index in [-0.39, 0.29) is 17.9 Å². The van der Waals surface area contributed by atoms with Gasteiger partial charge < -0.3 is 4.74 Å². The average Bonchev–Trinajstić information content (AvgIpc) is 2.66. The molecule has 0 spiro atoms. The first-order valence-electron chi connectivity index (χ1n) is 8.07. The minimum atomic E-state index is -0.638. The molecule has 130 valence electrons. The van der Waals surface area contributed by atoms with E-state index in [2.05, 4.69) is 4.98 Å². The monoisotopic (exact) mass is 348 g/mol. The van der Waals surface area contributed by atoms with Crippen molar-refractivity contribution in [1.29, 1.82) is 0 Å². The third-order valence-corrected chi connectivity index (χ3v) is 3.85. The molecule has 1 heterocycles. The van der Waals surface area contributed by atoms with Crippen LogP contribution in [0.4, 0.5) is 5.69 Å². The third kappa shape index (κ3) is 3.59. The van der Waals surface area contributed by atoms with Crippen molar-refractivity contribution in [2.24, 2.45) is 0 Å². The fourth-order valence-electron chi connectivity index (χ4n) is 2.63. The van der Waals surface area contributed by atoms with E-state index in [0.717, 1.165) is 22.5 Å². The predicted molar refractivity (Wildman–Crippen MR) is 99.7 cm³/mol. The first-order chi connectivity index (χ1) is 12.6. The maximum absolute atomic E-state index is 12.1. The van der Waals surface area contributed by atoms with Gasteiger partial charge in [0, 0.05) is 6.07 Å². The highest BCUT2D eigenvalue weighted by Crippen LogP contribution is 2.22. The van der Waals surface area contributed by atoms with Gasteiger partial charge in [-0.1, -0.05) is 48.5 Å². The van der Waals surface area contributed by atoms with Gasteiger partial charge in [-0.05, 0) is 29.3 Å². The highest BCUT2D eigenvalue weighted by molar-refractivity contribution is 5.97. The largest absolute Gasteiger partial charge is 0.462 e. The summed E-state index contributed by atoms with van der Waals surface area (Å²) in [5.74, 6) is -0.638. The summed E-state index contributed by atoms with van der Waals surface area (Å²) in [4.78, 5) is 26.6. The van der Waals surface area contributed by atoms with Crippen LogP contribution in [0.2, 0.25) is 0 Å². The van der Waals surface area contributed by atoms with E-state index in [9.17, 15) is 14.9 Å². The molecule has 0 aliphatic rings. The van der Waals surface area contributed by atoms with Gasteiger partial charge in [-0.2, -0.15) is 0 Å². The number of carbonyl (C=O) groups is 1. The van der Waals surface area contributed by atoms with E-state index in [1.54, 1.807) is 13.0 Å². The average molecular weight is 348 g/mol. The van der Waals surface area contributed by atoms with Gasteiger partial charge in [-0.3, -0.25) is 10.1 Å². The molecule has 0 saturated carbocycles. The smallest absolute Gasteiger partial charge is 0.340 e. The highest BCUT2D eigenvalue weighted by atomic mass is 16.6. The Hall–Kier alpha value is -3.54. The Morgan fingerprint density at radius 1 is 1.19 bits per heavy atom. The summed E-state index contributed by atoms with van der Waals surface area (Å²) < 4.78 is 4.99. The van der Waals surface area contributed by atoms with E-state index in [1.807, 2.05) is 48.5 Å². The van der Waals surface area contributed by atoms with E-state index >= 15 is 0 Å². The number of esters is 1. The number of rotatable bonds is 5. The van der Waals surface area contributed by atoms with Crippen molar-refractivity contribution < 1.29 is 14.5 Å². The number of ether oxygens (including phenoxy) is 1. The molecule has 26 heavy (non-hydrogen) atoms. The summed E-state index contributed by atoms with van der Waals surface area (Å²) in [6, 6.07) is 15.0. The molecule has 6 heteroatoms. The lowest BCUT2D eigenvalue weighted by Crippen LogP contribution is -2.08. The Morgan fingerprint density at radius 2 is 1.96 bits per heavy atom. The summed E-state index contributed by atoms with van der Waals surface area (Å²) in [6.45, 7) is 1.85. The van der Waals surface area contributed by atoms with Crippen LogP contribution in [-0.4, -0.2) is 22.5 Å². The van der Waals surface area contributed by atoms with Gasteiger partial charge in [-0.25, -0.2) is 9.78 Å². The van der Waals surface area contributed by atoms with Crippen LogP contribution >= 0.6 is 0 Å². The maximum Gasteiger partial charge on any atom is 0.340 e. The maximum atomic E-state index is 12.1. The predicted octanol–water partition coefficient (Wildman–Crippen LogP) is 4.49. The van der Waals surface area contributed by atoms with Crippen LogP contribution in [0.15, 0.2) is 54.7 Å². The molecule has 0 saturated heterocycles. The standard InChI is InChI=1S/C20H16N2O4/c1-2-26-20(23)18-12-16(22(24)25)13-21-19(18)11-10-15-8-5-7-14-6-3-4-9-17(14)15/h3-13H,2H2,1H3/b11-10+. The minimum absolute atomic E-state index is 0.0672. The van der Waals surface area contributed by atoms with Crippen LogP contribution in [0.1, 0.15) is 28.5 Å². The van der Waals surface area contributed by atoms with Crippen molar-refractivity contribution in [1.82, 2.24) is 4.98 Å². The van der Waals surface area contributed by atoms with Crippen LogP contribution in [0.3, 0.4) is 0 Å². The van der Waals surface area contributed by atoms with Crippen molar-refractivity contribution in [3.63, 3.8) is 0 Å². The van der Waals surface area contributed by atoms with Crippen molar-refractivity contribution in [3.8, 4) is 0 Å². The Morgan fingerprint density at radius 3 is 2.73 bits per heavy atom. The van der Waals surface area contributed by atoms with Crippen LogP contribution < -0.4 is 0 Å². The van der Waals surface area contributed by atoms with E-state index in [1.165, 1.54) is 6.07 Å². The second kappa shape index (κ2) is 7.57. The fraction of sp³-hybridized carbons (Fsp3) is 0.100. The molecular weight excluding hydrogens is 332 g/mol. The van der Waals surface area contributed by atoms with Crippen LogP contribution in [0.5, 0.6) is 0 Å². The van der Waals surface area contributed by atoms with Gasteiger partial charge in [0.15, 0.2) is 0 Å². The molecule has 0 unspecified atom stereocenters. The lowest BCUT2D eigenvalue weighted by atomic mass is 10.0. The zero-order valence-electron chi connectivity index (χ0n) is 14.1. The highest BCUT2D eigenvalue weighted by Gasteiger charge is 2.17. The number of pyridine rings is 1. The number of fused-ring (bicyclic) bond motifs is 1. The fourth-order valence-corrected chi connectivity index (χ4v) is 2.63. The molecule has 2 aromatic carbocycles. The Balaban J connectivity index is 2.04. The number of nitrogens with zero attached hydrogens (tertiary/aromatic N) is 2. The molecule has 3 aromatic rings. The molecule has 0 fully saturated rings. The molecule has 0 aliphatic heterocycles. The van der Waals surface area contributed by atoms with Gasteiger partial charge in [0.1, 0.15) is 6.20 Å². The van der Waals surface area contributed by atoms with Crippen molar-refractivity contribution in [2.75, 3.05) is 6.61 Å². The summed E-state index contributed by atoms with van der Waals surface area (Å²) >= 11 is 0. The first-order valence-corrected chi connectivity index (χ1v) is 8.07. The molecule has 0 atom stereocenters. The number of benzene rings is 2. The van der Waals surface area contributed by atoms with E-state index < -0.39 is 10.9 Å². The van der Waals surface area contributed by atoms with E-state index in [4.69, 9.17) is 4.74 Å². The zero-order chi connectivity index (χ0) is 18.5. The summed E-state index contributed by atoms with van der Waals surface area (Å²) in [5, 5.41) is 13.1. The SMILES string of the molecule is CCOC(=O)c1cc([N+](=O)[O-])cnc1/C=C/c1cccc2ccccc12. The first kappa shape index (κ1) is 17.3. The number of hydrogen-bond acceptors (Lipinski definition) is 5. The van der Waals surface area contributed by atoms with Gasteiger partial charge in [0.05, 0.1) is 22.8 Å². The van der Waals surface area contributed by atoms with Gasteiger partial charge in [0.25, 0.3) is 5.69 Å². The van der Waals surface area contributed by atoms with Crippen LogP contribution in [-0.2, 0) is 4.74 Å². The molecule has 0 radical (unpaired) electrons. The quantitative estimate of drug-likeness (QED) is 0.385. The molecule has 1 aromatic heterocycles. The summed E-state index contributed by atoms with van der Waals surface area (Å²) in [5.41, 5.74) is 1.09. The molecule has 0 amide bonds. The molecular formula is C20H16N2O4. The minimum Gasteiger partial charge on any atom is -0.462 e. The third-order valence-electron chi connectivity index (χ3n) is 3.85. The number of hydrogen-bond donors (Lipinski definition) is 0. The topological polar surface area (TPSA) is 82.3 Å². The van der Waals surface area contributed by atoms with Gasteiger partial charge in [-0.15, -0.1) is 0 Å². The number of aromatic nitrogens is 1.